The van der Waals surface area contributed by atoms with Crippen LogP contribution in [0.4, 0.5) is 9.59 Å². The molecule has 0 spiro atoms. The molecule has 16 atom stereocenters. The highest BCUT2D eigenvalue weighted by molar-refractivity contribution is 5.66. The van der Waals surface area contributed by atoms with Gasteiger partial charge in [0.25, 0.3) is 0 Å². The summed E-state index contributed by atoms with van der Waals surface area (Å²) < 4.78 is 23.4. The van der Waals surface area contributed by atoms with Gasteiger partial charge in [-0.3, -0.25) is 0 Å². The maximum Gasteiger partial charge on any atom is 0.514 e. The van der Waals surface area contributed by atoms with Crippen LogP contribution in [0.25, 0.3) is 12.2 Å². The largest absolute Gasteiger partial charge is 0.514 e. The van der Waals surface area contributed by atoms with E-state index in [2.05, 4.69) is 81.4 Å². The Balaban J connectivity index is 0.639. The molecular weight excluding hydrogens is 961 g/mol. The summed E-state index contributed by atoms with van der Waals surface area (Å²) in [6.07, 6.45) is 39.0. The van der Waals surface area contributed by atoms with Gasteiger partial charge < -0.3 is 18.9 Å². The van der Waals surface area contributed by atoms with Crippen molar-refractivity contribution in [3.8, 4) is 11.5 Å². The van der Waals surface area contributed by atoms with E-state index in [0.717, 1.165) is 121 Å². The zero-order valence-electron chi connectivity index (χ0n) is 50.2. The van der Waals surface area contributed by atoms with E-state index in [1.807, 2.05) is 72.8 Å². The monoisotopic (exact) mass is 1060 g/mol. The molecule has 2 aromatic rings. The number of carbonyl (C=O) groups is 2. The Hall–Kier alpha value is -4.06. The van der Waals surface area contributed by atoms with Crippen LogP contribution in [0.1, 0.15) is 222 Å². The van der Waals surface area contributed by atoms with Crippen molar-refractivity contribution in [1.82, 2.24) is 0 Å². The van der Waals surface area contributed by atoms with Gasteiger partial charge in [-0.25, -0.2) is 9.59 Å². The van der Waals surface area contributed by atoms with Crippen LogP contribution in [-0.4, -0.2) is 24.5 Å². The molecule has 0 N–H and O–H groups in total. The first-order valence-electron chi connectivity index (χ1n) is 32.1. The van der Waals surface area contributed by atoms with Crippen molar-refractivity contribution in [2.24, 2.45) is 92.7 Å². The Morgan fingerprint density at radius 3 is 1.28 bits per heavy atom. The summed E-state index contributed by atoms with van der Waals surface area (Å²) in [5.74, 6) is 10.7. The molecule has 8 aliphatic rings. The Bertz CT molecular complexity index is 2340. The molecular formula is C72H102O6. The highest BCUT2D eigenvalue weighted by Gasteiger charge is 2.61. The Morgan fingerprint density at radius 2 is 0.897 bits per heavy atom. The van der Waals surface area contributed by atoms with Gasteiger partial charge >= 0.3 is 12.3 Å². The Kier molecular flexibility index (Phi) is 17.4. The van der Waals surface area contributed by atoms with E-state index in [9.17, 15) is 9.59 Å². The number of rotatable bonds is 17. The van der Waals surface area contributed by atoms with Crippen LogP contribution in [0.3, 0.4) is 0 Å². The smallest absolute Gasteiger partial charge is 0.430 e. The van der Waals surface area contributed by atoms with Crippen molar-refractivity contribution in [3.63, 3.8) is 0 Å². The molecule has 0 radical (unpaired) electrons. The van der Waals surface area contributed by atoms with Crippen molar-refractivity contribution in [3.05, 3.63) is 95.1 Å². The van der Waals surface area contributed by atoms with Gasteiger partial charge in [0.15, 0.2) is 0 Å². The maximum absolute atomic E-state index is 13.1. The molecule has 6 nitrogen and oxygen atoms in total. The van der Waals surface area contributed by atoms with E-state index in [4.69, 9.17) is 18.9 Å². The fraction of sp³-hybridized carbons (Fsp3) is 0.694. The second-order valence-corrected chi connectivity index (χ2v) is 29.1. The molecule has 2 aromatic carbocycles. The highest BCUT2D eigenvalue weighted by atomic mass is 16.7. The lowest BCUT2D eigenvalue weighted by Crippen LogP contribution is -2.51. The molecule has 0 bridgehead atoms. The van der Waals surface area contributed by atoms with Gasteiger partial charge in [0.05, 0.1) is 0 Å². The van der Waals surface area contributed by atoms with E-state index >= 15 is 0 Å². The molecule has 0 aliphatic heterocycles. The van der Waals surface area contributed by atoms with Crippen molar-refractivity contribution >= 4 is 24.5 Å². The van der Waals surface area contributed by atoms with Crippen molar-refractivity contribution in [2.75, 3.05) is 0 Å². The van der Waals surface area contributed by atoms with E-state index in [1.165, 1.54) is 114 Å². The number of allylic oxidation sites excluding steroid dienone is 4. The van der Waals surface area contributed by atoms with E-state index in [0.29, 0.717) is 22.3 Å². The fourth-order valence-corrected chi connectivity index (χ4v) is 19.6. The van der Waals surface area contributed by atoms with Crippen LogP contribution >= 0.6 is 0 Å². The predicted molar refractivity (Wildman–Crippen MR) is 319 cm³/mol. The molecule has 10 rings (SSSR count). The second-order valence-electron chi connectivity index (χ2n) is 29.1. The molecule has 6 saturated carbocycles. The zero-order valence-corrected chi connectivity index (χ0v) is 50.2. The number of carbonyl (C=O) groups excluding carboxylic acids is 2. The number of hydrogen-bond donors (Lipinski definition) is 0. The van der Waals surface area contributed by atoms with E-state index in [1.54, 1.807) is 0 Å². The molecule has 426 valence electrons. The van der Waals surface area contributed by atoms with Crippen molar-refractivity contribution in [1.29, 1.82) is 0 Å². The van der Waals surface area contributed by atoms with Crippen LogP contribution in [0.2, 0.25) is 0 Å². The standard InChI is InChI=1S/C72H102O6/c1-47(2)15-13-17-49(5)61-33-35-63-59-31-25-53-45-57(37-41-69(53,7)65(59)39-43-71(61,63)9)77-67(73)75-55-27-21-51(22-28-55)19-11-12-20-52-23-29-56(30-24-52)76-68(74)78-58-38-42-70(8)54(46-58)26-32-60-64-36-34-62(50(6)18-14-16-48(3)4)72(64,10)44-40-66(60)70/h11-12,19-30,47-50,57-66H,13-18,31-46H2,1-10H3/b19-11+,20-12+/t49-,50-,57+,58+,59+,60+,61-,62-,63+,64+,65+,66+,69+,70+,71-,72-/m1/s1. The molecule has 0 aromatic heterocycles. The van der Waals surface area contributed by atoms with Crippen LogP contribution in [0, 0.1) is 92.7 Å². The first kappa shape index (κ1) is 57.2. The summed E-state index contributed by atoms with van der Waals surface area (Å²) in [6, 6.07) is 15.1. The topological polar surface area (TPSA) is 71.1 Å². The van der Waals surface area contributed by atoms with Gasteiger partial charge in [-0.05, 0) is 218 Å². The van der Waals surface area contributed by atoms with Gasteiger partial charge in [0.1, 0.15) is 23.7 Å². The lowest BCUT2D eigenvalue weighted by Gasteiger charge is -2.58. The third-order valence-electron chi connectivity index (χ3n) is 23.9. The first-order chi connectivity index (χ1) is 37.4. The van der Waals surface area contributed by atoms with Crippen molar-refractivity contribution in [2.45, 2.75) is 223 Å². The number of hydrogen-bond acceptors (Lipinski definition) is 6. The third-order valence-corrected chi connectivity index (χ3v) is 23.9. The molecule has 6 heteroatoms. The normalized spacial score (nSPS) is 36.8. The van der Waals surface area contributed by atoms with E-state index in [-0.39, 0.29) is 23.0 Å². The van der Waals surface area contributed by atoms with Gasteiger partial charge in [0, 0.05) is 12.8 Å². The first-order valence-corrected chi connectivity index (χ1v) is 32.1. The molecule has 8 aliphatic carbocycles. The average molecular weight is 1060 g/mol. The maximum atomic E-state index is 13.1. The summed E-state index contributed by atoms with van der Waals surface area (Å²) in [6.45, 7) is 25.0. The summed E-state index contributed by atoms with van der Waals surface area (Å²) in [7, 11) is 0. The van der Waals surface area contributed by atoms with Gasteiger partial charge in [0.2, 0.25) is 0 Å². The lowest BCUT2D eigenvalue weighted by atomic mass is 9.47. The van der Waals surface area contributed by atoms with E-state index < -0.39 is 12.3 Å². The third kappa shape index (κ3) is 11.8. The summed E-state index contributed by atoms with van der Waals surface area (Å²) >= 11 is 0. The Labute approximate surface area is 472 Å². The molecule has 0 amide bonds. The Morgan fingerprint density at radius 1 is 0.500 bits per heavy atom. The van der Waals surface area contributed by atoms with Crippen LogP contribution in [0.5, 0.6) is 11.5 Å². The summed E-state index contributed by atoms with van der Waals surface area (Å²) in [4.78, 5) is 26.2. The minimum Gasteiger partial charge on any atom is -0.430 e. The minimum atomic E-state index is -0.613. The fourth-order valence-electron chi connectivity index (χ4n) is 19.6. The summed E-state index contributed by atoms with van der Waals surface area (Å²) in [5.41, 5.74) is 6.44. The SMILES string of the molecule is CC(C)CCC[C@@H](C)[C@H]1CC[C@H]2[C@@H]3CC=C4C[C@@H](OC(=O)Oc5ccc(/C=C/C=C/c6ccc(OC(=O)O[C@H]7CC[C@@]8(C)C(=CC[C@H]9[C@@H]%10CC[C@H]([C@H](C)CCCC(C)C)[C@@]%10(C)CC[C@@H]98)C7)cc6)cc5)CC[C@]4(C)[C@H]3CC[C@]12C. The predicted octanol–water partition coefficient (Wildman–Crippen LogP) is 20.3. The van der Waals surface area contributed by atoms with Gasteiger partial charge in [-0.2, -0.15) is 0 Å². The molecule has 0 saturated heterocycles. The molecule has 0 heterocycles. The average Bonchev–Trinajstić information content (AvgIpc) is 4.14. The molecule has 78 heavy (non-hydrogen) atoms. The minimum absolute atomic E-state index is 0.141. The van der Waals surface area contributed by atoms with Gasteiger partial charge in [-0.1, -0.05) is 180 Å². The van der Waals surface area contributed by atoms with Crippen molar-refractivity contribution < 1.29 is 28.5 Å². The quantitative estimate of drug-likeness (QED) is 0.0680. The summed E-state index contributed by atoms with van der Waals surface area (Å²) in [5, 5.41) is 0. The molecule has 0 unspecified atom stereocenters. The second kappa shape index (κ2) is 23.8. The highest BCUT2D eigenvalue weighted by Crippen LogP contribution is 2.69. The van der Waals surface area contributed by atoms with Crippen LogP contribution in [-0.2, 0) is 9.47 Å². The molecule has 6 fully saturated rings. The number of benzene rings is 2. The number of fused-ring (bicyclic) bond motifs is 10. The number of ether oxygens (including phenoxy) is 4. The zero-order chi connectivity index (χ0) is 55.0. The van der Waals surface area contributed by atoms with Crippen LogP contribution in [0.15, 0.2) is 84.0 Å². The van der Waals surface area contributed by atoms with Crippen LogP contribution < -0.4 is 9.47 Å². The van der Waals surface area contributed by atoms with Gasteiger partial charge in [-0.15, -0.1) is 0 Å². The lowest BCUT2D eigenvalue weighted by molar-refractivity contribution is -0.0597.